The van der Waals surface area contributed by atoms with Crippen LogP contribution >= 0.6 is 0 Å². The molecule has 1 aliphatic heterocycles. The molecule has 0 unspecified atom stereocenters. The minimum atomic E-state index is -0.158. The van der Waals surface area contributed by atoms with Crippen molar-refractivity contribution in [1.82, 2.24) is 4.98 Å². The molecule has 0 aliphatic carbocycles. The number of anilines is 2. The lowest BCUT2D eigenvalue weighted by Crippen LogP contribution is -2.36. The number of carbonyl (C=O) groups is 1. The third kappa shape index (κ3) is 5.09. The zero-order valence-electron chi connectivity index (χ0n) is 16.1. The molecule has 0 atom stereocenters. The summed E-state index contributed by atoms with van der Waals surface area (Å²) >= 11 is 0. The maximum absolute atomic E-state index is 12.3. The molecular weight excluding hydrogens is 362 g/mol. The predicted molar refractivity (Wildman–Crippen MR) is 117 cm³/mol. The van der Waals surface area contributed by atoms with E-state index in [1.807, 2.05) is 66.9 Å². The molecule has 4 rings (SSSR count). The van der Waals surface area contributed by atoms with Gasteiger partial charge in [-0.25, -0.2) is 4.98 Å². The van der Waals surface area contributed by atoms with Crippen LogP contribution in [-0.4, -0.2) is 37.2 Å². The van der Waals surface area contributed by atoms with Gasteiger partial charge >= 0.3 is 0 Å². The number of hydrogen-bond donors (Lipinski definition) is 1. The van der Waals surface area contributed by atoms with E-state index in [9.17, 15) is 4.79 Å². The molecule has 0 bridgehead atoms. The van der Waals surface area contributed by atoms with Crippen LogP contribution in [0.1, 0.15) is 5.56 Å². The number of amides is 1. The summed E-state index contributed by atoms with van der Waals surface area (Å²) in [7, 11) is 0. The second-order valence-corrected chi connectivity index (χ2v) is 6.82. The van der Waals surface area contributed by atoms with Gasteiger partial charge in [0.05, 0.1) is 13.2 Å². The fourth-order valence-corrected chi connectivity index (χ4v) is 3.26. The first-order valence-corrected chi connectivity index (χ1v) is 9.71. The molecular formula is C24H23N3O2. The average Bonchev–Trinajstić information content (AvgIpc) is 2.79. The lowest BCUT2D eigenvalue weighted by molar-refractivity contribution is -0.111. The molecule has 1 fully saturated rings. The molecule has 1 saturated heterocycles. The lowest BCUT2D eigenvalue weighted by atomic mass is 10.1. The van der Waals surface area contributed by atoms with Crippen LogP contribution in [-0.2, 0) is 9.53 Å². The van der Waals surface area contributed by atoms with E-state index < -0.39 is 0 Å². The van der Waals surface area contributed by atoms with E-state index in [1.54, 1.807) is 12.2 Å². The summed E-state index contributed by atoms with van der Waals surface area (Å²) in [6, 6.07) is 21.7. The summed E-state index contributed by atoms with van der Waals surface area (Å²) in [5.74, 6) is 0.792. The van der Waals surface area contributed by atoms with E-state index >= 15 is 0 Å². The van der Waals surface area contributed by atoms with E-state index in [0.29, 0.717) is 0 Å². The van der Waals surface area contributed by atoms with Crippen molar-refractivity contribution in [2.24, 2.45) is 0 Å². The van der Waals surface area contributed by atoms with Crippen LogP contribution in [0, 0.1) is 0 Å². The predicted octanol–water partition coefficient (Wildman–Crippen LogP) is 4.24. The summed E-state index contributed by atoms with van der Waals surface area (Å²) < 4.78 is 5.42. The lowest BCUT2D eigenvalue weighted by Gasteiger charge is -2.28. The van der Waals surface area contributed by atoms with Crippen LogP contribution in [0.4, 0.5) is 11.5 Å². The van der Waals surface area contributed by atoms with Crippen molar-refractivity contribution in [2.45, 2.75) is 0 Å². The number of aromatic nitrogens is 1. The Balaban J connectivity index is 1.47. The maximum Gasteiger partial charge on any atom is 0.248 e. The van der Waals surface area contributed by atoms with Gasteiger partial charge in [0, 0.05) is 31.0 Å². The molecule has 1 amide bonds. The highest BCUT2D eigenvalue weighted by atomic mass is 16.5. The van der Waals surface area contributed by atoms with E-state index in [-0.39, 0.29) is 5.91 Å². The number of benzene rings is 2. The summed E-state index contributed by atoms with van der Waals surface area (Å²) in [4.78, 5) is 19.0. The molecule has 29 heavy (non-hydrogen) atoms. The molecule has 1 aliphatic rings. The smallest absolute Gasteiger partial charge is 0.248 e. The van der Waals surface area contributed by atoms with Gasteiger partial charge in [0.1, 0.15) is 5.82 Å². The Morgan fingerprint density at radius 3 is 2.59 bits per heavy atom. The van der Waals surface area contributed by atoms with Gasteiger partial charge in [0.15, 0.2) is 0 Å². The Morgan fingerprint density at radius 1 is 0.966 bits per heavy atom. The highest BCUT2D eigenvalue weighted by molar-refractivity contribution is 6.02. The van der Waals surface area contributed by atoms with Crippen molar-refractivity contribution >= 4 is 23.5 Å². The van der Waals surface area contributed by atoms with Crippen LogP contribution in [0.5, 0.6) is 0 Å². The summed E-state index contributed by atoms with van der Waals surface area (Å²) in [6.07, 6.45) is 5.18. The Hall–Kier alpha value is -3.44. The third-order valence-corrected chi connectivity index (χ3v) is 4.77. The Labute approximate surface area is 170 Å². The number of nitrogens with one attached hydrogen (secondary N) is 1. The van der Waals surface area contributed by atoms with E-state index in [1.165, 1.54) is 0 Å². The fourth-order valence-electron chi connectivity index (χ4n) is 3.26. The van der Waals surface area contributed by atoms with Crippen LogP contribution in [0.15, 0.2) is 79.0 Å². The quantitative estimate of drug-likeness (QED) is 0.668. The Kier molecular flexibility index (Phi) is 5.98. The van der Waals surface area contributed by atoms with Gasteiger partial charge in [-0.2, -0.15) is 0 Å². The van der Waals surface area contributed by atoms with Crippen molar-refractivity contribution in [2.75, 3.05) is 36.5 Å². The van der Waals surface area contributed by atoms with Crippen molar-refractivity contribution in [1.29, 1.82) is 0 Å². The molecule has 1 aromatic heterocycles. The second kappa shape index (κ2) is 9.17. The number of ether oxygens (including phenoxy) is 1. The number of morpholine rings is 1. The van der Waals surface area contributed by atoms with Gasteiger partial charge in [-0.3, -0.25) is 4.79 Å². The highest BCUT2D eigenvalue weighted by Gasteiger charge is 2.13. The largest absolute Gasteiger partial charge is 0.378 e. The molecule has 3 aromatic rings. The van der Waals surface area contributed by atoms with E-state index in [2.05, 4.69) is 21.3 Å². The third-order valence-electron chi connectivity index (χ3n) is 4.77. The topological polar surface area (TPSA) is 54.5 Å². The normalized spacial score (nSPS) is 14.1. The number of pyridine rings is 1. The number of carbonyl (C=O) groups excluding carboxylic acids is 1. The fraction of sp³-hybridized carbons (Fsp3) is 0.167. The molecule has 2 heterocycles. The Morgan fingerprint density at radius 2 is 1.76 bits per heavy atom. The first-order valence-electron chi connectivity index (χ1n) is 9.71. The SMILES string of the molecule is O=C(C=Cc1ccccc1)Nc1cccc(-c2ccnc(N3CCOCC3)c2)c1. The van der Waals surface area contributed by atoms with Gasteiger partial charge in [-0.1, -0.05) is 42.5 Å². The van der Waals surface area contributed by atoms with Crippen LogP contribution in [0.25, 0.3) is 17.2 Å². The summed E-state index contributed by atoms with van der Waals surface area (Å²) in [6.45, 7) is 3.15. The van der Waals surface area contributed by atoms with Gasteiger partial charge in [0.25, 0.3) is 0 Å². The molecule has 5 heteroatoms. The molecule has 2 aromatic carbocycles. The molecule has 5 nitrogen and oxygen atoms in total. The molecule has 1 N–H and O–H groups in total. The van der Waals surface area contributed by atoms with E-state index in [0.717, 1.165) is 54.5 Å². The van der Waals surface area contributed by atoms with Crippen molar-refractivity contribution in [3.05, 3.63) is 84.6 Å². The van der Waals surface area contributed by atoms with Gasteiger partial charge in [-0.15, -0.1) is 0 Å². The van der Waals surface area contributed by atoms with Gasteiger partial charge in [-0.05, 0) is 47.0 Å². The van der Waals surface area contributed by atoms with Crippen LogP contribution in [0.2, 0.25) is 0 Å². The van der Waals surface area contributed by atoms with Gasteiger partial charge in [0.2, 0.25) is 5.91 Å². The molecule has 0 spiro atoms. The summed E-state index contributed by atoms with van der Waals surface area (Å²) in [5.41, 5.74) is 3.85. The van der Waals surface area contributed by atoms with Crippen LogP contribution in [0.3, 0.4) is 0 Å². The summed E-state index contributed by atoms with van der Waals surface area (Å²) in [5, 5.41) is 2.93. The molecule has 0 radical (unpaired) electrons. The molecule has 146 valence electrons. The van der Waals surface area contributed by atoms with Crippen molar-refractivity contribution in [3.8, 4) is 11.1 Å². The van der Waals surface area contributed by atoms with Crippen LogP contribution < -0.4 is 10.2 Å². The maximum atomic E-state index is 12.3. The monoisotopic (exact) mass is 385 g/mol. The first kappa shape index (κ1) is 18.9. The Bertz CT molecular complexity index is 996. The number of hydrogen-bond acceptors (Lipinski definition) is 4. The van der Waals surface area contributed by atoms with Crippen molar-refractivity contribution in [3.63, 3.8) is 0 Å². The minimum Gasteiger partial charge on any atom is -0.378 e. The first-order chi connectivity index (χ1) is 14.3. The zero-order chi connectivity index (χ0) is 19.9. The zero-order valence-corrected chi connectivity index (χ0v) is 16.1. The average molecular weight is 385 g/mol. The number of rotatable bonds is 5. The minimum absolute atomic E-state index is 0.158. The highest BCUT2D eigenvalue weighted by Crippen LogP contribution is 2.25. The standard InChI is InChI=1S/C24H23N3O2/c28-24(10-9-19-5-2-1-3-6-19)26-22-8-4-7-20(17-22)21-11-12-25-23(18-21)27-13-15-29-16-14-27/h1-12,17-18H,13-16H2,(H,26,28). The van der Waals surface area contributed by atoms with Crippen molar-refractivity contribution < 1.29 is 9.53 Å². The number of nitrogens with zero attached hydrogens (tertiary/aromatic N) is 2. The molecule has 0 saturated carbocycles. The van der Waals surface area contributed by atoms with E-state index in [4.69, 9.17) is 4.74 Å². The second-order valence-electron chi connectivity index (χ2n) is 6.82. The van der Waals surface area contributed by atoms with Gasteiger partial charge < -0.3 is 15.0 Å².